The lowest BCUT2D eigenvalue weighted by molar-refractivity contribution is 0.176. The van der Waals surface area contributed by atoms with Crippen LogP contribution in [0.25, 0.3) is 16.9 Å². The van der Waals surface area contributed by atoms with Gasteiger partial charge in [0.2, 0.25) is 0 Å². The van der Waals surface area contributed by atoms with E-state index in [1.807, 2.05) is 11.9 Å². The molecule has 8 nitrogen and oxygen atoms in total. The smallest absolute Gasteiger partial charge is 0.196 e. The van der Waals surface area contributed by atoms with E-state index in [0.29, 0.717) is 28.8 Å². The van der Waals surface area contributed by atoms with E-state index in [2.05, 4.69) is 25.4 Å². The van der Waals surface area contributed by atoms with Gasteiger partial charge in [0.15, 0.2) is 11.4 Å². The Bertz CT molecular complexity index is 976. The van der Waals surface area contributed by atoms with Gasteiger partial charge in [-0.2, -0.15) is 5.10 Å². The number of piperidine rings is 1. The quantitative estimate of drug-likeness (QED) is 0.724. The van der Waals surface area contributed by atoms with Crippen LogP contribution in [-0.4, -0.2) is 61.0 Å². The van der Waals surface area contributed by atoms with E-state index in [1.54, 1.807) is 24.8 Å². The van der Waals surface area contributed by atoms with Crippen molar-refractivity contribution in [2.75, 3.05) is 11.9 Å². The molecule has 2 aliphatic heterocycles. The fourth-order valence-electron chi connectivity index (χ4n) is 4.21. The first-order valence-corrected chi connectivity index (χ1v) is 9.08. The summed E-state index contributed by atoms with van der Waals surface area (Å²) in [6.07, 6.45) is 9.69. The zero-order valence-corrected chi connectivity index (χ0v) is 14.8. The number of imidazole rings is 1. The van der Waals surface area contributed by atoms with Crippen LogP contribution in [0.5, 0.6) is 5.75 Å². The summed E-state index contributed by atoms with van der Waals surface area (Å²) < 4.78 is 16.3. The summed E-state index contributed by atoms with van der Waals surface area (Å²) >= 11 is 0. The van der Waals surface area contributed by atoms with Crippen molar-refractivity contribution in [3.05, 3.63) is 31.0 Å². The van der Waals surface area contributed by atoms with Gasteiger partial charge >= 0.3 is 0 Å². The van der Waals surface area contributed by atoms with Gasteiger partial charge in [-0.15, -0.1) is 0 Å². The minimum atomic E-state index is -0.925. The number of aromatic nitrogens is 5. The molecule has 3 aromatic heterocycles. The van der Waals surface area contributed by atoms with Gasteiger partial charge in [-0.3, -0.25) is 4.98 Å². The van der Waals surface area contributed by atoms with Crippen molar-refractivity contribution in [3.63, 3.8) is 0 Å². The van der Waals surface area contributed by atoms with Crippen molar-refractivity contribution >= 4 is 11.5 Å². The summed E-state index contributed by atoms with van der Waals surface area (Å²) in [5, 5.41) is 18.0. The van der Waals surface area contributed by atoms with Crippen molar-refractivity contribution in [1.29, 1.82) is 0 Å². The molecular weight excluding hydrogens is 349 g/mol. The molecule has 0 aromatic carbocycles. The van der Waals surface area contributed by atoms with E-state index in [4.69, 9.17) is 0 Å². The molecular formula is C18H20FN7O. The number of fused-ring (bicyclic) bond motifs is 3. The topological polar surface area (TPSA) is 91.5 Å². The number of alkyl halides is 1. The summed E-state index contributed by atoms with van der Waals surface area (Å²) in [6, 6.07) is 0.110. The van der Waals surface area contributed by atoms with Crippen LogP contribution >= 0.6 is 0 Å². The Labute approximate surface area is 155 Å². The predicted molar refractivity (Wildman–Crippen MR) is 97.3 cm³/mol. The summed E-state index contributed by atoms with van der Waals surface area (Å²) in [5.74, 6) is 0.617. The van der Waals surface area contributed by atoms with E-state index >= 15 is 0 Å². The second-order valence-electron chi connectivity index (χ2n) is 7.27. The first-order valence-electron chi connectivity index (χ1n) is 9.08. The highest BCUT2D eigenvalue weighted by atomic mass is 19.1. The van der Waals surface area contributed by atoms with E-state index in [0.717, 1.165) is 19.3 Å². The third-order valence-electron chi connectivity index (χ3n) is 5.73. The first-order chi connectivity index (χ1) is 13.1. The van der Waals surface area contributed by atoms with Crippen molar-refractivity contribution in [3.8, 4) is 17.0 Å². The summed E-state index contributed by atoms with van der Waals surface area (Å²) in [4.78, 5) is 14.8. The molecule has 2 saturated heterocycles. The van der Waals surface area contributed by atoms with E-state index < -0.39 is 6.17 Å². The maximum Gasteiger partial charge on any atom is 0.196 e. The molecule has 140 valence electrons. The molecule has 0 radical (unpaired) electrons. The van der Waals surface area contributed by atoms with Crippen molar-refractivity contribution < 1.29 is 9.50 Å². The molecule has 2 aliphatic rings. The zero-order valence-electron chi connectivity index (χ0n) is 14.8. The Balaban J connectivity index is 1.42. The number of hydrogen-bond acceptors (Lipinski definition) is 7. The van der Waals surface area contributed by atoms with Gasteiger partial charge < -0.3 is 15.3 Å². The van der Waals surface area contributed by atoms with Gasteiger partial charge in [0, 0.05) is 31.5 Å². The van der Waals surface area contributed by atoms with Gasteiger partial charge in [-0.05, 0) is 19.3 Å². The molecule has 2 fully saturated rings. The van der Waals surface area contributed by atoms with Crippen LogP contribution in [-0.2, 0) is 0 Å². The molecule has 0 saturated carbocycles. The van der Waals surface area contributed by atoms with Crippen LogP contribution in [0.4, 0.5) is 10.2 Å². The van der Waals surface area contributed by atoms with Gasteiger partial charge in [0.25, 0.3) is 0 Å². The third-order valence-corrected chi connectivity index (χ3v) is 5.73. The fourth-order valence-corrected chi connectivity index (χ4v) is 4.21. The standard InChI is InChI=1S/C18H20FN7O/c1-25(14-6-10-2-3-12(24-10)16(14)19)15-9-21-13(8-22-15)11-7-23-26-5-4-20-18(26)17(11)27/h4-5,7-10,12,14,16,24,27H,2-3,6H2,1H3/t10-,12?,14-,16+/m0/s1. The molecule has 3 aromatic rings. The number of aromatic hydroxyl groups is 1. The lowest BCUT2D eigenvalue weighted by atomic mass is 9.96. The number of hydrogen-bond donors (Lipinski definition) is 2. The normalized spacial score (nSPS) is 27.2. The van der Waals surface area contributed by atoms with Crippen LogP contribution in [0.1, 0.15) is 19.3 Å². The highest BCUT2D eigenvalue weighted by Gasteiger charge is 2.43. The molecule has 0 amide bonds. The van der Waals surface area contributed by atoms with Crippen LogP contribution in [0.15, 0.2) is 31.0 Å². The minimum Gasteiger partial charge on any atom is -0.504 e. The van der Waals surface area contributed by atoms with Crippen LogP contribution in [0.3, 0.4) is 0 Å². The first kappa shape index (κ1) is 16.4. The predicted octanol–water partition coefficient (Wildman–Crippen LogP) is 1.56. The summed E-state index contributed by atoms with van der Waals surface area (Å²) in [7, 11) is 1.86. The van der Waals surface area contributed by atoms with Gasteiger partial charge in [0.1, 0.15) is 12.0 Å². The molecule has 9 heteroatoms. The molecule has 0 spiro atoms. The number of nitrogens with zero attached hydrogens (tertiary/aromatic N) is 6. The third kappa shape index (κ3) is 2.61. The fraction of sp³-hybridized carbons (Fsp3) is 0.444. The molecule has 1 unspecified atom stereocenters. The van der Waals surface area contributed by atoms with Gasteiger partial charge in [0.05, 0.1) is 35.9 Å². The second kappa shape index (κ2) is 6.12. The Morgan fingerprint density at radius 3 is 2.93 bits per heavy atom. The molecule has 2 N–H and O–H groups in total. The Morgan fingerprint density at radius 1 is 1.22 bits per heavy atom. The SMILES string of the molecule is CN(c1cnc(-c2cnn3ccnc3c2O)cn1)[C@H]1C[C@@H]2CCC(N2)[C@H]1F. The average molecular weight is 369 g/mol. The summed E-state index contributed by atoms with van der Waals surface area (Å²) in [5.41, 5.74) is 1.31. The monoisotopic (exact) mass is 369 g/mol. The highest BCUT2D eigenvalue weighted by Crippen LogP contribution is 2.34. The second-order valence-corrected chi connectivity index (χ2v) is 7.27. The molecule has 2 bridgehead atoms. The number of nitrogens with one attached hydrogen (secondary N) is 1. The van der Waals surface area contributed by atoms with Crippen LogP contribution < -0.4 is 10.2 Å². The maximum absolute atomic E-state index is 14.8. The van der Waals surface area contributed by atoms with Crippen molar-refractivity contribution in [1.82, 2.24) is 29.9 Å². The lowest BCUT2D eigenvalue weighted by Gasteiger charge is -2.38. The number of anilines is 1. The molecule has 4 atom stereocenters. The van der Waals surface area contributed by atoms with Gasteiger partial charge in [-0.25, -0.2) is 18.9 Å². The lowest BCUT2D eigenvalue weighted by Crippen LogP contribution is -2.55. The molecule has 27 heavy (non-hydrogen) atoms. The highest BCUT2D eigenvalue weighted by molar-refractivity contribution is 5.73. The van der Waals surface area contributed by atoms with Crippen LogP contribution in [0.2, 0.25) is 0 Å². The van der Waals surface area contributed by atoms with Crippen molar-refractivity contribution in [2.24, 2.45) is 0 Å². The van der Waals surface area contributed by atoms with Crippen LogP contribution in [0, 0.1) is 0 Å². The van der Waals surface area contributed by atoms with Gasteiger partial charge in [-0.1, -0.05) is 0 Å². The Kier molecular flexibility index (Phi) is 3.71. The number of halogens is 1. The maximum atomic E-state index is 14.8. The molecule has 5 heterocycles. The Hall–Kier alpha value is -2.81. The largest absolute Gasteiger partial charge is 0.504 e. The zero-order chi connectivity index (χ0) is 18.5. The van der Waals surface area contributed by atoms with E-state index in [9.17, 15) is 9.50 Å². The molecule has 5 rings (SSSR count). The minimum absolute atomic E-state index is 0.00385. The molecule has 0 aliphatic carbocycles. The van der Waals surface area contributed by atoms with Crippen molar-refractivity contribution in [2.45, 2.75) is 43.6 Å². The summed E-state index contributed by atoms with van der Waals surface area (Å²) in [6.45, 7) is 0. The average Bonchev–Trinajstić information content (AvgIpc) is 3.33. The Morgan fingerprint density at radius 2 is 2.11 bits per heavy atom. The number of rotatable bonds is 3. The van der Waals surface area contributed by atoms with E-state index in [-0.39, 0.29) is 17.8 Å². The van der Waals surface area contributed by atoms with E-state index in [1.165, 1.54) is 10.7 Å².